The summed E-state index contributed by atoms with van der Waals surface area (Å²) in [7, 11) is 0. The Morgan fingerprint density at radius 3 is 2.03 bits per heavy atom. The fourth-order valence-electron chi connectivity index (χ4n) is 2.43. The van der Waals surface area contributed by atoms with Gasteiger partial charge < -0.3 is 10.5 Å². The maximum Gasteiger partial charge on any atom is 0.416 e. The zero-order chi connectivity index (χ0) is 23.2. The molecule has 0 aromatic heterocycles. The molecular weight excluding hydrogens is 447 g/mol. The van der Waals surface area contributed by atoms with Gasteiger partial charge in [0, 0.05) is 15.5 Å². The molecule has 0 aliphatic rings. The molecule has 0 unspecified atom stereocenters. The van der Waals surface area contributed by atoms with E-state index in [9.17, 15) is 18.0 Å². The SMILES string of the molecule is C/C(=N/Nc1ccc(C(F)(F)F)cc1)C(=N)CSc1ccc(SCC(=O)O)c(C)c1C. The van der Waals surface area contributed by atoms with Crippen molar-refractivity contribution >= 4 is 46.6 Å². The number of benzene rings is 2. The third-order valence-corrected chi connectivity index (χ3v) is 6.74. The van der Waals surface area contributed by atoms with Crippen molar-refractivity contribution in [2.75, 3.05) is 16.9 Å². The van der Waals surface area contributed by atoms with Crippen LogP contribution in [0.3, 0.4) is 0 Å². The second-order valence-electron chi connectivity index (χ2n) is 6.65. The molecule has 2 aromatic rings. The van der Waals surface area contributed by atoms with E-state index in [-0.39, 0.29) is 11.5 Å². The number of nitrogens with zero attached hydrogens (tertiary/aromatic N) is 1. The van der Waals surface area contributed by atoms with E-state index in [0.29, 0.717) is 17.2 Å². The molecule has 0 heterocycles. The molecule has 5 nitrogen and oxygen atoms in total. The van der Waals surface area contributed by atoms with Crippen LogP contribution in [0.1, 0.15) is 23.6 Å². The van der Waals surface area contributed by atoms with Crippen LogP contribution in [0.25, 0.3) is 0 Å². The Morgan fingerprint density at radius 1 is 1.03 bits per heavy atom. The average molecular weight is 470 g/mol. The van der Waals surface area contributed by atoms with Crippen molar-refractivity contribution in [3.63, 3.8) is 0 Å². The molecule has 0 saturated heterocycles. The molecule has 0 spiro atoms. The van der Waals surface area contributed by atoms with Crippen LogP contribution < -0.4 is 5.43 Å². The maximum absolute atomic E-state index is 12.6. The van der Waals surface area contributed by atoms with Gasteiger partial charge in [0.15, 0.2) is 0 Å². The number of nitrogens with one attached hydrogen (secondary N) is 2. The van der Waals surface area contributed by atoms with Crippen molar-refractivity contribution in [1.82, 2.24) is 0 Å². The van der Waals surface area contributed by atoms with Crippen LogP contribution in [0.15, 0.2) is 51.3 Å². The summed E-state index contributed by atoms with van der Waals surface area (Å²) in [4.78, 5) is 12.7. The second kappa shape index (κ2) is 10.7. The quantitative estimate of drug-likeness (QED) is 0.235. The number of halogens is 3. The van der Waals surface area contributed by atoms with Gasteiger partial charge in [-0.2, -0.15) is 18.3 Å². The molecule has 0 atom stereocenters. The summed E-state index contributed by atoms with van der Waals surface area (Å²) in [6, 6.07) is 8.31. The Kier molecular flexibility index (Phi) is 8.58. The van der Waals surface area contributed by atoms with Crippen molar-refractivity contribution in [1.29, 1.82) is 5.41 Å². The zero-order valence-electron chi connectivity index (χ0n) is 17.1. The lowest BCUT2D eigenvalue weighted by Crippen LogP contribution is -2.14. The van der Waals surface area contributed by atoms with Crippen molar-refractivity contribution in [3.8, 4) is 0 Å². The van der Waals surface area contributed by atoms with Gasteiger partial charge in [0.2, 0.25) is 0 Å². The lowest BCUT2D eigenvalue weighted by Gasteiger charge is -2.13. The molecule has 2 rings (SSSR count). The first-order chi connectivity index (χ1) is 14.5. The molecular formula is C21H22F3N3O2S2. The standard InChI is InChI=1S/C21H22F3N3O2S2/c1-12-13(2)19(31-11-20(28)29)9-8-18(12)30-10-17(25)14(3)26-27-16-6-4-15(5-7-16)21(22,23)24/h4-9,25,27H,10-11H2,1-3H3,(H,28,29)/b25-17?,26-14-. The van der Waals surface area contributed by atoms with Gasteiger partial charge in [-0.1, -0.05) is 0 Å². The first-order valence-corrected chi connectivity index (χ1v) is 11.1. The number of aliphatic carboxylic acids is 1. The van der Waals surface area contributed by atoms with Gasteiger partial charge in [-0.05, 0) is 68.3 Å². The van der Waals surface area contributed by atoms with Gasteiger partial charge >= 0.3 is 12.1 Å². The minimum atomic E-state index is -4.39. The monoisotopic (exact) mass is 469 g/mol. The van der Waals surface area contributed by atoms with Crippen molar-refractivity contribution < 1.29 is 23.1 Å². The van der Waals surface area contributed by atoms with Gasteiger partial charge in [-0.15, -0.1) is 23.5 Å². The minimum absolute atomic E-state index is 0.000986. The first-order valence-electron chi connectivity index (χ1n) is 9.12. The highest BCUT2D eigenvalue weighted by Gasteiger charge is 2.29. The highest BCUT2D eigenvalue weighted by molar-refractivity contribution is 8.00. The van der Waals surface area contributed by atoms with E-state index in [4.69, 9.17) is 10.5 Å². The van der Waals surface area contributed by atoms with Crippen LogP contribution in [-0.4, -0.2) is 34.0 Å². The molecule has 31 heavy (non-hydrogen) atoms. The Bertz CT molecular complexity index is 991. The van der Waals surface area contributed by atoms with E-state index in [1.54, 1.807) is 6.92 Å². The second-order valence-corrected chi connectivity index (χ2v) is 8.68. The number of alkyl halides is 3. The fourth-order valence-corrected chi connectivity index (χ4v) is 4.28. The van der Waals surface area contributed by atoms with Crippen molar-refractivity contribution in [2.24, 2.45) is 5.10 Å². The van der Waals surface area contributed by atoms with Gasteiger partial charge in [0.05, 0.1) is 28.4 Å². The molecule has 0 bridgehead atoms. The lowest BCUT2D eigenvalue weighted by atomic mass is 10.1. The summed E-state index contributed by atoms with van der Waals surface area (Å²) in [6.45, 7) is 5.55. The van der Waals surface area contributed by atoms with Crippen LogP contribution in [-0.2, 0) is 11.0 Å². The predicted molar refractivity (Wildman–Crippen MR) is 121 cm³/mol. The number of hydrogen-bond acceptors (Lipinski definition) is 6. The minimum Gasteiger partial charge on any atom is -0.481 e. The molecule has 3 N–H and O–H groups in total. The third-order valence-electron chi connectivity index (χ3n) is 4.41. The molecule has 0 fully saturated rings. The van der Waals surface area contributed by atoms with Crippen LogP contribution >= 0.6 is 23.5 Å². The summed E-state index contributed by atoms with van der Waals surface area (Å²) in [5, 5.41) is 21.1. The molecule has 0 aliphatic heterocycles. The van der Waals surface area contributed by atoms with Crippen LogP contribution in [0, 0.1) is 19.3 Å². The number of carboxylic acids is 1. The van der Waals surface area contributed by atoms with Gasteiger partial charge in [0.1, 0.15) is 0 Å². The molecule has 166 valence electrons. The molecule has 0 saturated carbocycles. The van der Waals surface area contributed by atoms with Crippen LogP contribution in [0.4, 0.5) is 18.9 Å². The van der Waals surface area contributed by atoms with E-state index < -0.39 is 17.7 Å². The Hall–Kier alpha value is -2.46. The Balaban J connectivity index is 1.95. The van der Waals surface area contributed by atoms with Gasteiger partial charge in [-0.25, -0.2) is 0 Å². The summed E-state index contributed by atoms with van der Waals surface area (Å²) < 4.78 is 37.8. The molecule has 0 amide bonds. The number of carboxylic acid groups (broad SMARTS) is 1. The normalized spacial score (nSPS) is 12.0. The Morgan fingerprint density at radius 2 is 1.55 bits per heavy atom. The first kappa shape index (κ1) is 24.8. The highest BCUT2D eigenvalue weighted by atomic mass is 32.2. The smallest absolute Gasteiger partial charge is 0.416 e. The number of thioether (sulfide) groups is 2. The maximum atomic E-state index is 12.6. The Labute approximate surface area is 187 Å². The van der Waals surface area contributed by atoms with E-state index >= 15 is 0 Å². The number of anilines is 1. The molecule has 0 aliphatic carbocycles. The van der Waals surface area contributed by atoms with E-state index in [1.165, 1.54) is 35.7 Å². The van der Waals surface area contributed by atoms with Crippen LogP contribution in [0.5, 0.6) is 0 Å². The van der Waals surface area contributed by atoms with E-state index in [1.807, 2.05) is 26.0 Å². The van der Waals surface area contributed by atoms with Crippen molar-refractivity contribution in [2.45, 2.75) is 36.7 Å². The highest BCUT2D eigenvalue weighted by Crippen LogP contribution is 2.32. The summed E-state index contributed by atoms with van der Waals surface area (Å²) in [5.74, 6) is -0.501. The van der Waals surface area contributed by atoms with Crippen molar-refractivity contribution in [3.05, 3.63) is 53.1 Å². The predicted octanol–water partition coefficient (Wildman–Crippen LogP) is 6.10. The number of rotatable bonds is 9. The largest absolute Gasteiger partial charge is 0.481 e. The molecule has 10 heteroatoms. The van der Waals surface area contributed by atoms with Gasteiger partial charge in [-0.3, -0.25) is 10.2 Å². The topological polar surface area (TPSA) is 85.5 Å². The fraction of sp³-hybridized carbons (Fsp3) is 0.286. The van der Waals surface area contributed by atoms with Crippen LogP contribution in [0.2, 0.25) is 0 Å². The van der Waals surface area contributed by atoms with E-state index in [2.05, 4.69) is 10.5 Å². The summed E-state index contributed by atoms with van der Waals surface area (Å²) in [6.07, 6.45) is -4.39. The number of carbonyl (C=O) groups is 1. The zero-order valence-corrected chi connectivity index (χ0v) is 18.8. The number of hydrazone groups is 1. The van der Waals surface area contributed by atoms with E-state index in [0.717, 1.165) is 33.1 Å². The average Bonchev–Trinajstić information content (AvgIpc) is 2.71. The third kappa shape index (κ3) is 7.32. The number of hydrogen-bond donors (Lipinski definition) is 3. The summed E-state index contributed by atoms with van der Waals surface area (Å²) in [5.41, 5.74) is 5.09. The van der Waals surface area contributed by atoms with Gasteiger partial charge in [0.25, 0.3) is 0 Å². The lowest BCUT2D eigenvalue weighted by molar-refractivity contribution is -0.137. The summed E-state index contributed by atoms with van der Waals surface area (Å²) >= 11 is 2.75. The molecule has 2 aromatic carbocycles. The molecule has 0 radical (unpaired) electrons.